The van der Waals surface area contributed by atoms with Crippen LogP contribution in [0.2, 0.25) is 0 Å². The lowest BCUT2D eigenvalue weighted by Crippen LogP contribution is -2.21. The minimum absolute atomic E-state index is 0.135. The van der Waals surface area contributed by atoms with E-state index in [0.29, 0.717) is 6.10 Å². The fourth-order valence-corrected chi connectivity index (χ4v) is 1.63. The van der Waals surface area contributed by atoms with Gasteiger partial charge in [-0.3, -0.25) is 4.79 Å². The Kier molecular flexibility index (Phi) is 1.20. The normalized spacial score (nSPS) is 44.2. The number of rotatable bonds is 1. The molecule has 1 N–H and O–H groups in total. The standard InChI is InChI=1S/C7H10O3/c8-7(9)4-1-2-5-6(3-4)10-5/h4-6H,1-3H2,(H,8,9)/t4-,5?,6+/m1/s1. The molecule has 2 rings (SSSR count). The van der Waals surface area contributed by atoms with Crippen molar-refractivity contribution in [3.63, 3.8) is 0 Å². The summed E-state index contributed by atoms with van der Waals surface area (Å²) >= 11 is 0. The van der Waals surface area contributed by atoms with Crippen molar-refractivity contribution < 1.29 is 14.6 Å². The fourth-order valence-electron chi connectivity index (χ4n) is 1.63. The Morgan fingerprint density at radius 1 is 1.40 bits per heavy atom. The second kappa shape index (κ2) is 1.95. The average molecular weight is 142 g/mol. The van der Waals surface area contributed by atoms with Crippen molar-refractivity contribution in [2.45, 2.75) is 31.5 Å². The predicted octanol–water partition coefficient (Wildman–Crippen LogP) is 0.638. The maximum absolute atomic E-state index is 10.5. The van der Waals surface area contributed by atoms with E-state index in [1.54, 1.807) is 0 Å². The number of carboxylic acids is 1. The van der Waals surface area contributed by atoms with Gasteiger partial charge in [-0.1, -0.05) is 0 Å². The van der Waals surface area contributed by atoms with Gasteiger partial charge < -0.3 is 9.84 Å². The van der Waals surface area contributed by atoms with Gasteiger partial charge in [0, 0.05) is 0 Å². The summed E-state index contributed by atoms with van der Waals surface area (Å²) in [6, 6.07) is 0. The van der Waals surface area contributed by atoms with Gasteiger partial charge in [0.05, 0.1) is 18.1 Å². The molecule has 0 radical (unpaired) electrons. The quantitative estimate of drug-likeness (QED) is 0.546. The molecule has 1 saturated heterocycles. The average Bonchev–Trinajstić information content (AvgIpc) is 2.63. The van der Waals surface area contributed by atoms with E-state index >= 15 is 0 Å². The van der Waals surface area contributed by atoms with E-state index in [4.69, 9.17) is 9.84 Å². The van der Waals surface area contributed by atoms with Crippen molar-refractivity contribution >= 4 is 5.97 Å². The second-order valence-corrected chi connectivity index (χ2v) is 3.06. The Morgan fingerprint density at radius 2 is 2.20 bits per heavy atom. The van der Waals surface area contributed by atoms with E-state index in [2.05, 4.69) is 0 Å². The number of fused-ring (bicyclic) bond motifs is 1. The molecule has 1 saturated carbocycles. The lowest BCUT2D eigenvalue weighted by molar-refractivity contribution is -0.142. The molecule has 1 aliphatic heterocycles. The fraction of sp³-hybridized carbons (Fsp3) is 0.857. The van der Waals surface area contributed by atoms with Crippen LogP contribution in [0.15, 0.2) is 0 Å². The molecule has 10 heavy (non-hydrogen) atoms. The number of carboxylic acid groups (broad SMARTS) is 1. The SMILES string of the molecule is O=C(O)[C@@H]1CCC2O[C@H]2C1. The minimum atomic E-state index is -0.658. The number of carbonyl (C=O) groups is 1. The maximum atomic E-state index is 10.5. The van der Waals surface area contributed by atoms with Crippen molar-refractivity contribution in [3.05, 3.63) is 0 Å². The minimum Gasteiger partial charge on any atom is -0.481 e. The molecule has 56 valence electrons. The van der Waals surface area contributed by atoms with Crippen LogP contribution in [0.25, 0.3) is 0 Å². The van der Waals surface area contributed by atoms with Crippen molar-refractivity contribution in [2.24, 2.45) is 5.92 Å². The highest BCUT2D eigenvalue weighted by Gasteiger charge is 2.45. The van der Waals surface area contributed by atoms with Gasteiger partial charge in [-0.25, -0.2) is 0 Å². The molecule has 0 bridgehead atoms. The van der Waals surface area contributed by atoms with Crippen LogP contribution in [0.5, 0.6) is 0 Å². The molecular formula is C7H10O3. The van der Waals surface area contributed by atoms with Crippen LogP contribution in [0.4, 0.5) is 0 Å². The lowest BCUT2D eigenvalue weighted by atomic mass is 9.90. The second-order valence-electron chi connectivity index (χ2n) is 3.06. The Bertz CT molecular complexity index is 166. The largest absolute Gasteiger partial charge is 0.481 e. The van der Waals surface area contributed by atoms with E-state index in [1.165, 1.54) is 0 Å². The van der Waals surface area contributed by atoms with Gasteiger partial charge in [-0.05, 0) is 19.3 Å². The van der Waals surface area contributed by atoms with Gasteiger partial charge in [0.2, 0.25) is 0 Å². The number of hydrogen-bond acceptors (Lipinski definition) is 2. The van der Waals surface area contributed by atoms with E-state index in [0.717, 1.165) is 19.3 Å². The van der Waals surface area contributed by atoms with E-state index in [-0.39, 0.29) is 12.0 Å². The smallest absolute Gasteiger partial charge is 0.306 e. The van der Waals surface area contributed by atoms with Crippen LogP contribution in [0.3, 0.4) is 0 Å². The maximum Gasteiger partial charge on any atom is 0.306 e. The van der Waals surface area contributed by atoms with Gasteiger partial charge >= 0.3 is 5.97 Å². The molecule has 2 fully saturated rings. The molecule has 1 heterocycles. The zero-order valence-corrected chi connectivity index (χ0v) is 5.62. The van der Waals surface area contributed by atoms with Crippen LogP contribution < -0.4 is 0 Å². The number of aliphatic carboxylic acids is 1. The molecule has 1 unspecified atom stereocenters. The summed E-state index contributed by atoms with van der Waals surface area (Å²) in [6.45, 7) is 0. The van der Waals surface area contributed by atoms with Crippen molar-refractivity contribution in [1.29, 1.82) is 0 Å². The Labute approximate surface area is 59.0 Å². The summed E-state index contributed by atoms with van der Waals surface area (Å²) < 4.78 is 5.19. The third-order valence-electron chi connectivity index (χ3n) is 2.35. The summed E-state index contributed by atoms with van der Waals surface area (Å²) in [7, 11) is 0. The highest BCUT2D eigenvalue weighted by Crippen LogP contribution is 2.39. The van der Waals surface area contributed by atoms with Crippen LogP contribution in [-0.2, 0) is 9.53 Å². The highest BCUT2D eigenvalue weighted by atomic mass is 16.6. The van der Waals surface area contributed by atoms with E-state index < -0.39 is 5.97 Å². The van der Waals surface area contributed by atoms with Gasteiger partial charge in [0.1, 0.15) is 0 Å². The lowest BCUT2D eigenvalue weighted by Gasteiger charge is -2.12. The Balaban J connectivity index is 1.94. The van der Waals surface area contributed by atoms with Gasteiger partial charge in [-0.2, -0.15) is 0 Å². The van der Waals surface area contributed by atoms with Gasteiger partial charge in [0.15, 0.2) is 0 Å². The Hall–Kier alpha value is -0.570. The molecule has 0 spiro atoms. The molecule has 3 nitrogen and oxygen atoms in total. The third kappa shape index (κ3) is 0.904. The molecule has 0 amide bonds. The first-order chi connectivity index (χ1) is 4.77. The summed E-state index contributed by atoms with van der Waals surface area (Å²) in [5, 5.41) is 8.62. The molecule has 1 aliphatic carbocycles. The molecule has 0 aromatic rings. The Morgan fingerprint density at radius 3 is 2.80 bits per heavy atom. The van der Waals surface area contributed by atoms with Crippen molar-refractivity contribution in [3.8, 4) is 0 Å². The zero-order chi connectivity index (χ0) is 7.14. The highest BCUT2D eigenvalue weighted by molar-refractivity contribution is 5.70. The summed E-state index contributed by atoms with van der Waals surface area (Å²) in [4.78, 5) is 10.5. The van der Waals surface area contributed by atoms with E-state index in [9.17, 15) is 4.79 Å². The van der Waals surface area contributed by atoms with Crippen molar-refractivity contribution in [2.75, 3.05) is 0 Å². The third-order valence-corrected chi connectivity index (χ3v) is 2.35. The summed E-state index contributed by atoms with van der Waals surface area (Å²) in [5.74, 6) is -0.794. The van der Waals surface area contributed by atoms with Crippen LogP contribution >= 0.6 is 0 Å². The monoisotopic (exact) mass is 142 g/mol. The predicted molar refractivity (Wildman–Crippen MR) is 33.6 cm³/mol. The zero-order valence-electron chi connectivity index (χ0n) is 5.62. The summed E-state index contributed by atoms with van der Waals surface area (Å²) in [5.41, 5.74) is 0. The van der Waals surface area contributed by atoms with Gasteiger partial charge in [0.25, 0.3) is 0 Å². The van der Waals surface area contributed by atoms with Crippen molar-refractivity contribution in [1.82, 2.24) is 0 Å². The first kappa shape index (κ1) is 6.16. The van der Waals surface area contributed by atoms with Gasteiger partial charge in [-0.15, -0.1) is 0 Å². The van der Waals surface area contributed by atoms with Crippen LogP contribution in [0.1, 0.15) is 19.3 Å². The van der Waals surface area contributed by atoms with Crippen LogP contribution in [0, 0.1) is 5.92 Å². The first-order valence-electron chi connectivity index (χ1n) is 3.65. The molecule has 3 atom stereocenters. The first-order valence-corrected chi connectivity index (χ1v) is 3.65. The van der Waals surface area contributed by atoms with Crippen LogP contribution in [-0.4, -0.2) is 23.3 Å². The number of hydrogen-bond donors (Lipinski definition) is 1. The summed E-state index contributed by atoms with van der Waals surface area (Å²) in [6.07, 6.45) is 3.18. The molecule has 2 aliphatic rings. The molecule has 0 aromatic heterocycles. The molecule has 0 aromatic carbocycles. The molecular weight excluding hydrogens is 132 g/mol. The van der Waals surface area contributed by atoms with E-state index in [1.807, 2.05) is 0 Å². The number of ether oxygens (including phenoxy) is 1. The number of epoxide rings is 1. The molecule has 3 heteroatoms. The topological polar surface area (TPSA) is 49.8 Å².